The highest BCUT2D eigenvalue weighted by Crippen LogP contribution is 2.30. The second-order valence-electron chi connectivity index (χ2n) is 5.15. The summed E-state index contributed by atoms with van der Waals surface area (Å²) in [6.07, 6.45) is 0. The smallest absolute Gasteiger partial charge is 0.146 e. The molecule has 3 nitrogen and oxygen atoms in total. The van der Waals surface area contributed by atoms with E-state index in [1.807, 2.05) is 25.1 Å². The van der Waals surface area contributed by atoms with Crippen LogP contribution in [0.25, 0.3) is 0 Å². The molecule has 0 amide bonds. The Balaban J connectivity index is 2.14. The molecule has 0 bridgehead atoms. The number of nitrogens with two attached hydrogens (primary N) is 1. The van der Waals surface area contributed by atoms with E-state index in [2.05, 4.69) is 35.8 Å². The first-order chi connectivity index (χ1) is 9.51. The van der Waals surface area contributed by atoms with Crippen molar-refractivity contribution in [3.63, 3.8) is 0 Å². The SMILES string of the molecule is Cc1cc(COc2ccc(Br)cc2C(C)C)oc1CN. The Morgan fingerprint density at radius 3 is 2.65 bits per heavy atom. The molecule has 4 heteroatoms. The molecule has 0 aliphatic rings. The van der Waals surface area contributed by atoms with E-state index in [4.69, 9.17) is 14.9 Å². The van der Waals surface area contributed by atoms with Crippen LogP contribution in [0, 0.1) is 6.92 Å². The summed E-state index contributed by atoms with van der Waals surface area (Å²) in [5, 5.41) is 0. The summed E-state index contributed by atoms with van der Waals surface area (Å²) in [6.45, 7) is 7.13. The number of halogens is 1. The van der Waals surface area contributed by atoms with Crippen LogP contribution < -0.4 is 10.5 Å². The van der Waals surface area contributed by atoms with E-state index in [0.717, 1.165) is 27.3 Å². The minimum Gasteiger partial charge on any atom is -0.485 e. The Labute approximate surface area is 128 Å². The van der Waals surface area contributed by atoms with Gasteiger partial charge >= 0.3 is 0 Å². The van der Waals surface area contributed by atoms with Crippen molar-refractivity contribution in [1.82, 2.24) is 0 Å². The molecule has 0 spiro atoms. The number of rotatable bonds is 5. The summed E-state index contributed by atoms with van der Waals surface area (Å²) in [5.74, 6) is 2.93. The van der Waals surface area contributed by atoms with Gasteiger partial charge in [-0.2, -0.15) is 0 Å². The zero-order valence-electron chi connectivity index (χ0n) is 12.1. The molecule has 108 valence electrons. The third-order valence-electron chi connectivity index (χ3n) is 3.22. The Morgan fingerprint density at radius 1 is 1.30 bits per heavy atom. The predicted octanol–water partition coefficient (Wildman–Crippen LogP) is 4.51. The van der Waals surface area contributed by atoms with E-state index in [9.17, 15) is 0 Å². The highest BCUT2D eigenvalue weighted by Gasteiger charge is 2.11. The molecule has 2 aromatic rings. The topological polar surface area (TPSA) is 48.4 Å². The maximum Gasteiger partial charge on any atom is 0.146 e. The lowest BCUT2D eigenvalue weighted by Crippen LogP contribution is -1.99. The molecule has 0 aliphatic carbocycles. The van der Waals surface area contributed by atoms with Crippen molar-refractivity contribution in [3.05, 3.63) is 51.4 Å². The molecule has 0 radical (unpaired) electrons. The number of aryl methyl sites for hydroxylation is 1. The molecule has 1 aromatic heterocycles. The predicted molar refractivity (Wildman–Crippen MR) is 83.9 cm³/mol. The van der Waals surface area contributed by atoms with Crippen LogP contribution in [0.1, 0.15) is 42.4 Å². The molecule has 0 unspecified atom stereocenters. The van der Waals surface area contributed by atoms with E-state index in [1.54, 1.807) is 0 Å². The van der Waals surface area contributed by atoms with Crippen LogP contribution in [0.15, 0.2) is 33.2 Å². The number of hydrogen-bond acceptors (Lipinski definition) is 3. The van der Waals surface area contributed by atoms with Gasteiger partial charge < -0.3 is 14.9 Å². The maximum atomic E-state index is 5.90. The first-order valence-electron chi connectivity index (χ1n) is 6.71. The van der Waals surface area contributed by atoms with Crippen LogP contribution in [-0.4, -0.2) is 0 Å². The molecule has 0 saturated carbocycles. The number of hydrogen-bond donors (Lipinski definition) is 1. The molecule has 1 heterocycles. The third-order valence-corrected chi connectivity index (χ3v) is 3.71. The Kier molecular flexibility index (Phi) is 4.89. The van der Waals surface area contributed by atoms with Crippen LogP contribution in [0.5, 0.6) is 5.75 Å². The third kappa shape index (κ3) is 3.44. The molecule has 1 aromatic carbocycles. The zero-order chi connectivity index (χ0) is 14.7. The minimum absolute atomic E-state index is 0.403. The van der Waals surface area contributed by atoms with Crippen molar-refractivity contribution in [2.45, 2.75) is 39.8 Å². The lowest BCUT2D eigenvalue weighted by Gasteiger charge is -2.13. The van der Waals surface area contributed by atoms with Crippen LogP contribution in [0.2, 0.25) is 0 Å². The van der Waals surface area contributed by atoms with Crippen LogP contribution in [0.4, 0.5) is 0 Å². The molecule has 0 saturated heterocycles. The average Bonchev–Trinajstić information content (AvgIpc) is 2.77. The highest BCUT2D eigenvalue weighted by atomic mass is 79.9. The van der Waals surface area contributed by atoms with E-state index in [1.165, 1.54) is 5.56 Å². The largest absolute Gasteiger partial charge is 0.485 e. The fourth-order valence-electron chi connectivity index (χ4n) is 2.11. The van der Waals surface area contributed by atoms with Gasteiger partial charge in [0.2, 0.25) is 0 Å². The molecular weight excluding hydrogens is 318 g/mol. The number of ether oxygens (including phenoxy) is 1. The summed E-state index contributed by atoms with van der Waals surface area (Å²) in [4.78, 5) is 0. The lowest BCUT2D eigenvalue weighted by molar-refractivity contribution is 0.263. The van der Waals surface area contributed by atoms with Gasteiger partial charge in [0.05, 0.1) is 6.54 Å². The van der Waals surface area contributed by atoms with Gasteiger partial charge in [0.15, 0.2) is 0 Å². The van der Waals surface area contributed by atoms with Gasteiger partial charge in [-0.3, -0.25) is 0 Å². The van der Waals surface area contributed by atoms with Crippen molar-refractivity contribution in [1.29, 1.82) is 0 Å². The summed E-state index contributed by atoms with van der Waals surface area (Å²) in [6, 6.07) is 8.05. The van der Waals surface area contributed by atoms with Gasteiger partial charge in [0.25, 0.3) is 0 Å². The van der Waals surface area contributed by atoms with Crippen molar-refractivity contribution < 1.29 is 9.15 Å². The van der Waals surface area contributed by atoms with Gasteiger partial charge in [-0.25, -0.2) is 0 Å². The van der Waals surface area contributed by atoms with Crippen LogP contribution in [-0.2, 0) is 13.2 Å². The Morgan fingerprint density at radius 2 is 2.05 bits per heavy atom. The second kappa shape index (κ2) is 6.46. The van der Waals surface area contributed by atoms with Crippen molar-refractivity contribution >= 4 is 15.9 Å². The standard InChI is InChI=1S/C16H20BrNO2/c1-10(2)14-7-12(17)4-5-15(14)19-9-13-6-11(3)16(8-18)20-13/h4-7,10H,8-9,18H2,1-3H3. The average molecular weight is 338 g/mol. The van der Waals surface area contributed by atoms with Gasteiger partial charge in [-0.05, 0) is 48.2 Å². The Bertz CT molecular complexity index is 590. The molecular formula is C16H20BrNO2. The van der Waals surface area contributed by atoms with E-state index < -0.39 is 0 Å². The maximum absolute atomic E-state index is 5.90. The molecule has 2 N–H and O–H groups in total. The molecule has 0 aliphatic heterocycles. The summed E-state index contributed by atoms with van der Waals surface area (Å²) < 4.78 is 12.6. The Hall–Kier alpha value is -1.26. The molecule has 2 rings (SSSR count). The molecule has 0 fully saturated rings. The second-order valence-corrected chi connectivity index (χ2v) is 6.06. The first-order valence-corrected chi connectivity index (χ1v) is 7.51. The monoisotopic (exact) mass is 337 g/mol. The summed E-state index contributed by atoms with van der Waals surface area (Å²) >= 11 is 3.49. The van der Waals surface area contributed by atoms with E-state index >= 15 is 0 Å². The minimum atomic E-state index is 0.403. The zero-order valence-corrected chi connectivity index (χ0v) is 13.7. The number of furan rings is 1. The summed E-state index contributed by atoms with van der Waals surface area (Å²) in [7, 11) is 0. The fraction of sp³-hybridized carbons (Fsp3) is 0.375. The highest BCUT2D eigenvalue weighted by molar-refractivity contribution is 9.10. The van der Waals surface area contributed by atoms with E-state index in [0.29, 0.717) is 19.1 Å². The van der Waals surface area contributed by atoms with E-state index in [-0.39, 0.29) is 0 Å². The van der Waals surface area contributed by atoms with Gasteiger partial charge in [0.1, 0.15) is 23.9 Å². The van der Waals surface area contributed by atoms with Gasteiger partial charge in [-0.1, -0.05) is 29.8 Å². The van der Waals surface area contributed by atoms with Gasteiger partial charge in [-0.15, -0.1) is 0 Å². The molecule has 20 heavy (non-hydrogen) atoms. The van der Waals surface area contributed by atoms with Crippen LogP contribution in [0.3, 0.4) is 0 Å². The molecule has 0 atom stereocenters. The normalized spacial score (nSPS) is 11.1. The quantitative estimate of drug-likeness (QED) is 0.872. The van der Waals surface area contributed by atoms with Crippen molar-refractivity contribution in [2.75, 3.05) is 0 Å². The number of benzene rings is 1. The van der Waals surface area contributed by atoms with Crippen molar-refractivity contribution in [2.24, 2.45) is 5.73 Å². The lowest BCUT2D eigenvalue weighted by atomic mass is 10.0. The van der Waals surface area contributed by atoms with Crippen molar-refractivity contribution in [3.8, 4) is 5.75 Å². The van der Waals surface area contributed by atoms with Crippen LogP contribution >= 0.6 is 15.9 Å². The fourth-order valence-corrected chi connectivity index (χ4v) is 2.49. The van der Waals surface area contributed by atoms with Gasteiger partial charge in [0, 0.05) is 4.47 Å². The first kappa shape index (κ1) is 15.1. The summed E-state index contributed by atoms with van der Waals surface area (Å²) in [5.41, 5.74) is 7.87.